The van der Waals surface area contributed by atoms with Crippen LogP contribution in [0.3, 0.4) is 0 Å². The average molecular weight is 308 g/mol. The largest absolute Gasteiger partial charge is 0.496 e. The predicted molar refractivity (Wildman–Crippen MR) is 83.1 cm³/mol. The summed E-state index contributed by atoms with van der Waals surface area (Å²) in [6.45, 7) is 3.15. The molecule has 1 heterocycles. The summed E-state index contributed by atoms with van der Waals surface area (Å²) in [5.74, 6) is 1.78. The number of halogens is 1. The SMILES string of the molecule is CCCOc1ccnc(NCc2c(Cl)cccc2OC)n1. The first kappa shape index (κ1) is 15.4. The van der Waals surface area contributed by atoms with Crippen molar-refractivity contribution in [2.24, 2.45) is 0 Å². The zero-order chi connectivity index (χ0) is 15.1. The molecule has 0 aliphatic heterocycles. The Kier molecular flexibility index (Phi) is 5.63. The molecule has 0 aliphatic rings. The molecule has 21 heavy (non-hydrogen) atoms. The Bertz CT molecular complexity index is 593. The topological polar surface area (TPSA) is 56.3 Å². The normalized spacial score (nSPS) is 10.2. The van der Waals surface area contributed by atoms with E-state index < -0.39 is 0 Å². The molecule has 5 nitrogen and oxygen atoms in total. The maximum atomic E-state index is 6.19. The van der Waals surface area contributed by atoms with E-state index in [2.05, 4.69) is 15.3 Å². The number of methoxy groups -OCH3 is 1. The molecule has 0 fully saturated rings. The van der Waals surface area contributed by atoms with Gasteiger partial charge >= 0.3 is 0 Å². The van der Waals surface area contributed by atoms with Gasteiger partial charge in [-0.15, -0.1) is 0 Å². The third kappa shape index (κ3) is 4.23. The van der Waals surface area contributed by atoms with Crippen molar-refractivity contribution in [1.82, 2.24) is 9.97 Å². The summed E-state index contributed by atoms with van der Waals surface area (Å²) in [6.07, 6.45) is 2.59. The van der Waals surface area contributed by atoms with Crippen LogP contribution in [0.15, 0.2) is 30.5 Å². The Morgan fingerprint density at radius 3 is 2.90 bits per heavy atom. The molecule has 6 heteroatoms. The number of hydrogen-bond donors (Lipinski definition) is 1. The summed E-state index contributed by atoms with van der Waals surface area (Å²) >= 11 is 6.19. The number of hydrogen-bond acceptors (Lipinski definition) is 5. The van der Waals surface area contributed by atoms with Crippen LogP contribution in [0.4, 0.5) is 5.95 Å². The second kappa shape index (κ2) is 7.69. The van der Waals surface area contributed by atoms with Crippen molar-refractivity contribution in [3.05, 3.63) is 41.0 Å². The van der Waals surface area contributed by atoms with Crippen molar-refractivity contribution in [3.63, 3.8) is 0 Å². The number of anilines is 1. The van der Waals surface area contributed by atoms with E-state index in [4.69, 9.17) is 21.1 Å². The number of nitrogens with zero attached hydrogens (tertiary/aromatic N) is 2. The van der Waals surface area contributed by atoms with Crippen molar-refractivity contribution in [2.75, 3.05) is 19.0 Å². The highest BCUT2D eigenvalue weighted by Gasteiger charge is 2.08. The van der Waals surface area contributed by atoms with Gasteiger partial charge in [-0.05, 0) is 18.6 Å². The first-order valence-corrected chi connectivity index (χ1v) is 7.13. The highest BCUT2D eigenvalue weighted by atomic mass is 35.5. The minimum absolute atomic E-state index is 0.472. The standard InChI is InChI=1S/C15H18ClN3O2/c1-3-9-21-14-7-8-17-15(19-14)18-10-11-12(16)5-4-6-13(11)20-2/h4-8H,3,9-10H2,1-2H3,(H,17,18,19). The van der Waals surface area contributed by atoms with Gasteiger partial charge < -0.3 is 14.8 Å². The van der Waals surface area contributed by atoms with Gasteiger partial charge in [0.05, 0.1) is 13.7 Å². The molecule has 0 saturated carbocycles. The van der Waals surface area contributed by atoms with Gasteiger partial charge in [0.15, 0.2) is 0 Å². The lowest BCUT2D eigenvalue weighted by Crippen LogP contribution is -2.06. The molecule has 112 valence electrons. The summed E-state index contributed by atoms with van der Waals surface area (Å²) in [5, 5.41) is 3.77. The summed E-state index contributed by atoms with van der Waals surface area (Å²) in [5.41, 5.74) is 0.866. The lowest BCUT2D eigenvalue weighted by atomic mass is 10.2. The molecule has 1 N–H and O–H groups in total. The molecule has 1 aromatic heterocycles. The van der Waals surface area contributed by atoms with Crippen LogP contribution >= 0.6 is 11.6 Å². The highest BCUT2D eigenvalue weighted by molar-refractivity contribution is 6.31. The molecule has 0 atom stereocenters. The third-order valence-electron chi connectivity index (χ3n) is 2.80. The van der Waals surface area contributed by atoms with E-state index in [9.17, 15) is 0 Å². The van der Waals surface area contributed by atoms with Crippen molar-refractivity contribution < 1.29 is 9.47 Å². The van der Waals surface area contributed by atoms with Gasteiger partial charge in [-0.1, -0.05) is 24.6 Å². The van der Waals surface area contributed by atoms with Gasteiger partial charge in [0.25, 0.3) is 0 Å². The van der Waals surface area contributed by atoms with Crippen molar-refractivity contribution in [3.8, 4) is 11.6 Å². The summed E-state index contributed by atoms with van der Waals surface area (Å²) in [6, 6.07) is 7.27. The maximum Gasteiger partial charge on any atom is 0.226 e. The average Bonchev–Trinajstić information content (AvgIpc) is 2.52. The molecule has 2 aromatic rings. The summed E-state index contributed by atoms with van der Waals surface area (Å²) in [7, 11) is 1.62. The number of rotatable bonds is 7. The number of ether oxygens (including phenoxy) is 2. The van der Waals surface area contributed by atoms with Crippen LogP contribution in [0.1, 0.15) is 18.9 Å². The lowest BCUT2D eigenvalue weighted by Gasteiger charge is -2.11. The summed E-state index contributed by atoms with van der Waals surface area (Å²) in [4.78, 5) is 8.44. The van der Waals surface area contributed by atoms with E-state index in [0.29, 0.717) is 30.0 Å². The van der Waals surface area contributed by atoms with Gasteiger partial charge in [-0.25, -0.2) is 4.98 Å². The second-order valence-electron chi connectivity index (χ2n) is 4.34. The smallest absolute Gasteiger partial charge is 0.226 e. The van der Waals surface area contributed by atoms with Gasteiger partial charge in [-0.2, -0.15) is 4.98 Å². The van der Waals surface area contributed by atoms with Crippen molar-refractivity contribution >= 4 is 17.5 Å². The molecule has 0 saturated heterocycles. The number of aromatic nitrogens is 2. The van der Waals surface area contributed by atoms with E-state index in [0.717, 1.165) is 17.7 Å². The molecule has 0 radical (unpaired) electrons. The van der Waals surface area contributed by atoms with Crippen LogP contribution in [0.5, 0.6) is 11.6 Å². The Morgan fingerprint density at radius 1 is 1.29 bits per heavy atom. The minimum atomic E-state index is 0.472. The molecule has 1 aromatic carbocycles. The molecule has 0 aliphatic carbocycles. The fraction of sp³-hybridized carbons (Fsp3) is 0.333. The summed E-state index contributed by atoms with van der Waals surface area (Å²) < 4.78 is 10.8. The maximum absolute atomic E-state index is 6.19. The van der Waals surface area contributed by atoms with E-state index in [1.807, 2.05) is 25.1 Å². The van der Waals surface area contributed by atoms with Crippen LogP contribution in [-0.4, -0.2) is 23.7 Å². The van der Waals surface area contributed by atoms with Crippen molar-refractivity contribution in [1.29, 1.82) is 0 Å². The molecule has 2 rings (SSSR count). The van der Waals surface area contributed by atoms with E-state index in [1.165, 1.54) is 0 Å². The lowest BCUT2D eigenvalue weighted by molar-refractivity contribution is 0.305. The zero-order valence-corrected chi connectivity index (χ0v) is 12.9. The van der Waals surface area contributed by atoms with Crippen LogP contribution in [-0.2, 0) is 6.54 Å². The van der Waals surface area contributed by atoms with E-state index >= 15 is 0 Å². The van der Waals surface area contributed by atoms with Gasteiger partial charge in [0.1, 0.15) is 5.75 Å². The first-order valence-electron chi connectivity index (χ1n) is 6.75. The van der Waals surface area contributed by atoms with Gasteiger partial charge in [0, 0.05) is 29.4 Å². The molecule has 0 unspecified atom stereocenters. The van der Waals surface area contributed by atoms with Gasteiger partial charge in [0.2, 0.25) is 11.8 Å². The fourth-order valence-corrected chi connectivity index (χ4v) is 2.02. The zero-order valence-electron chi connectivity index (χ0n) is 12.1. The number of benzene rings is 1. The van der Waals surface area contributed by atoms with E-state index in [-0.39, 0.29) is 0 Å². The van der Waals surface area contributed by atoms with Crippen LogP contribution < -0.4 is 14.8 Å². The molecule has 0 bridgehead atoms. The Hall–Kier alpha value is -2.01. The molecule has 0 amide bonds. The molecular formula is C15H18ClN3O2. The Balaban J connectivity index is 2.06. The Morgan fingerprint density at radius 2 is 2.14 bits per heavy atom. The Labute approximate surface area is 129 Å². The predicted octanol–water partition coefficient (Wildman–Crippen LogP) is 3.54. The van der Waals surface area contributed by atoms with Crippen molar-refractivity contribution in [2.45, 2.75) is 19.9 Å². The minimum Gasteiger partial charge on any atom is -0.496 e. The highest BCUT2D eigenvalue weighted by Crippen LogP contribution is 2.26. The number of nitrogens with one attached hydrogen (secondary N) is 1. The first-order chi connectivity index (χ1) is 10.2. The van der Waals surface area contributed by atoms with Crippen LogP contribution in [0.25, 0.3) is 0 Å². The van der Waals surface area contributed by atoms with E-state index in [1.54, 1.807) is 19.4 Å². The molecular weight excluding hydrogens is 290 g/mol. The monoisotopic (exact) mass is 307 g/mol. The quantitative estimate of drug-likeness (QED) is 0.848. The van der Waals surface area contributed by atoms with Crippen LogP contribution in [0.2, 0.25) is 5.02 Å². The van der Waals surface area contributed by atoms with Gasteiger partial charge in [-0.3, -0.25) is 0 Å². The van der Waals surface area contributed by atoms with Crippen LogP contribution in [0, 0.1) is 0 Å². The molecule has 0 spiro atoms. The third-order valence-corrected chi connectivity index (χ3v) is 3.16. The second-order valence-corrected chi connectivity index (χ2v) is 4.75. The fourth-order valence-electron chi connectivity index (χ4n) is 1.78.